The lowest BCUT2D eigenvalue weighted by atomic mass is 10.2. The molecule has 23 heavy (non-hydrogen) atoms. The number of hydrogen-bond acceptors (Lipinski definition) is 3. The van der Waals surface area contributed by atoms with E-state index in [1.807, 2.05) is 18.7 Å². The summed E-state index contributed by atoms with van der Waals surface area (Å²) >= 11 is 1.99. The van der Waals surface area contributed by atoms with Crippen molar-refractivity contribution < 1.29 is 0 Å². The molecule has 2 atom stereocenters. The van der Waals surface area contributed by atoms with Crippen LogP contribution in [0.3, 0.4) is 0 Å². The zero-order chi connectivity index (χ0) is 16.7. The number of nitrogens with zero attached hydrogens (tertiary/aromatic N) is 3. The fourth-order valence-corrected chi connectivity index (χ4v) is 3.91. The first-order valence-electron chi connectivity index (χ1n) is 8.71. The summed E-state index contributed by atoms with van der Waals surface area (Å²) in [5.41, 5.74) is 2.32. The zero-order valence-corrected chi connectivity index (χ0v) is 15.7. The van der Waals surface area contributed by atoms with Crippen LogP contribution in [0.2, 0.25) is 0 Å². The van der Waals surface area contributed by atoms with E-state index in [1.54, 1.807) is 0 Å². The number of aromatic nitrogens is 2. The molecule has 0 aliphatic heterocycles. The van der Waals surface area contributed by atoms with Gasteiger partial charge in [0, 0.05) is 36.6 Å². The molecule has 1 fully saturated rings. The van der Waals surface area contributed by atoms with Crippen molar-refractivity contribution in [2.45, 2.75) is 64.3 Å². The Morgan fingerprint density at radius 2 is 2.26 bits per heavy atom. The Morgan fingerprint density at radius 1 is 1.43 bits per heavy atom. The lowest BCUT2D eigenvalue weighted by Gasteiger charge is -2.17. The lowest BCUT2D eigenvalue weighted by Crippen LogP contribution is -2.42. The van der Waals surface area contributed by atoms with Crippen LogP contribution in [-0.2, 0) is 6.54 Å². The van der Waals surface area contributed by atoms with Crippen molar-refractivity contribution in [3.05, 3.63) is 17.5 Å². The van der Waals surface area contributed by atoms with Crippen LogP contribution < -0.4 is 10.6 Å². The second-order valence-corrected chi connectivity index (χ2v) is 7.41. The fourth-order valence-electron chi connectivity index (χ4n) is 3.11. The third-order valence-electron chi connectivity index (χ3n) is 4.30. The minimum atomic E-state index is 0.571. The second kappa shape index (κ2) is 9.21. The van der Waals surface area contributed by atoms with Crippen molar-refractivity contribution >= 4 is 17.7 Å². The second-order valence-electron chi connectivity index (χ2n) is 6.28. The molecule has 2 rings (SSSR count). The Labute approximate surface area is 144 Å². The number of aliphatic imine (C=N–C) groups is 1. The van der Waals surface area contributed by atoms with E-state index < -0.39 is 0 Å². The molecule has 0 radical (unpaired) electrons. The third kappa shape index (κ3) is 5.75. The highest BCUT2D eigenvalue weighted by Gasteiger charge is 2.24. The van der Waals surface area contributed by atoms with E-state index in [-0.39, 0.29) is 0 Å². The van der Waals surface area contributed by atoms with E-state index in [1.165, 1.54) is 25.0 Å². The number of nitrogens with one attached hydrogen (secondary N) is 2. The highest BCUT2D eigenvalue weighted by atomic mass is 32.2. The average molecular weight is 338 g/mol. The average Bonchev–Trinajstić information content (AvgIpc) is 3.10. The topological polar surface area (TPSA) is 54.2 Å². The van der Waals surface area contributed by atoms with Crippen molar-refractivity contribution in [1.82, 2.24) is 20.4 Å². The van der Waals surface area contributed by atoms with E-state index in [2.05, 4.69) is 46.6 Å². The Morgan fingerprint density at radius 3 is 2.87 bits per heavy atom. The summed E-state index contributed by atoms with van der Waals surface area (Å²) < 4.78 is 2.07. The zero-order valence-electron chi connectivity index (χ0n) is 14.9. The lowest BCUT2D eigenvalue weighted by molar-refractivity contribution is 0.564. The van der Waals surface area contributed by atoms with Gasteiger partial charge in [-0.1, -0.05) is 0 Å². The SMILES string of the molecule is CCNC(=NCCCn1nc(C)cc1C)NC1CCC(SC)C1. The summed E-state index contributed by atoms with van der Waals surface area (Å²) in [4.78, 5) is 4.73. The normalized spacial score (nSPS) is 21.7. The van der Waals surface area contributed by atoms with Gasteiger partial charge in [-0.25, -0.2) is 0 Å². The number of rotatable bonds is 7. The maximum atomic E-state index is 4.73. The van der Waals surface area contributed by atoms with E-state index in [4.69, 9.17) is 4.99 Å². The first-order chi connectivity index (χ1) is 11.1. The molecule has 0 saturated heterocycles. The van der Waals surface area contributed by atoms with Crippen molar-refractivity contribution in [1.29, 1.82) is 0 Å². The molecule has 2 unspecified atom stereocenters. The van der Waals surface area contributed by atoms with Crippen molar-refractivity contribution in [3.8, 4) is 0 Å². The van der Waals surface area contributed by atoms with Crippen LogP contribution in [0.5, 0.6) is 0 Å². The quantitative estimate of drug-likeness (QED) is 0.456. The van der Waals surface area contributed by atoms with Crippen LogP contribution in [0, 0.1) is 13.8 Å². The summed E-state index contributed by atoms with van der Waals surface area (Å²) in [6.07, 6.45) is 7.04. The van der Waals surface area contributed by atoms with Crippen molar-refractivity contribution in [2.75, 3.05) is 19.3 Å². The Kier molecular flexibility index (Phi) is 7.27. The molecule has 2 N–H and O–H groups in total. The smallest absolute Gasteiger partial charge is 0.191 e. The van der Waals surface area contributed by atoms with Crippen molar-refractivity contribution in [2.24, 2.45) is 4.99 Å². The third-order valence-corrected chi connectivity index (χ3v) is 5.40. The molecule has 1 aromatic heterocycles. The molecule has 1 aliphatic carbocycles. The van der Waals surface area contributed by atoms with Gasteiger partial charge in [-0.3, -0.25) is 9.67 Å². The fraction of sp³-hybridized carbons (Fsp3) is 0.765. The van der Waals surface area contributed by atoms with Gasteiger partial charge in [-0.05, 0) is 58.8 Å². The summed E-state index contributed by atoms with van der Waals surface area (Å²) in [6.45, 7) is 8.93. The molecule has 5 nitrogen and oxygen atoms in total. The molecule has 0 spiro atoms. The minimum Gasteiger partial charge on any atom is -0.357 e. The number of hydrogen-bond donors (Lipinski definition) is 2. The summed E-state index contributed by atoms with van der Waals surface area (Å²) in [6, 6.07) is 2.69. The molecule has 130 valence electrons. The predicted octanol–water partition coefficient (Wildman–Crippen LogP) is 2.73. The highest BCUT2D eigenvalue weighted by Crippen LogP contribution is 2.27. The maximum Gasteiger partial charge on any atom is 0.191 e. The first kappa shape index (κ1) is 18.2. The largest absolute Gasteiger partial charge is 0.357 e. The first-order valence-corrected chi connectivity index (χ1v) is 9.99. The molecule has 1 saturated carbocycles. The molecule has 1 heterocycles. The molecular weight excluding hydrogens is 306 g/mol. The van der Waals surface area contributed by atoms with E-state index in [0.717, 1.165) is 43.0 Å². The van der Waals surface area contributed by atoms with Crippen molar-refractivity contribution in [3.63, 3.8) is 0 Å². The monoisotopic (exact) mass is 337 g/mol. The number of aryl methyl sites for hydroxylation is 3. The van der Waals surface area contributed by atoms with Gasteiger partial charge in [-0.2, -0.15) is 16.9 Å². The van der Waals surface area contributed by atoms with Gasteiger partial charge in [0.25, 0.3) is 0 Å². The van der Waals surface area contributed by atoms with Gasteiger partial charge in [0.1, 0.15) is 0 Å². The van der Waals surface area contributed by atoms with Gasteiger partial charge in [0.15, 0.2) is 5.96 Å². The highest BCUT2D eigenvalue weighted by molar-refractivity contribution is 7.99. The summed E-state index contributed by atoms with van der Waals surface area (Å²) in [5.74, 6) is 0.965. The molecule has 0 aromatic carbocycles. The van der Waals surface area contributed by atoms with Gasteiger partial charge < -0.3 is 10.6 Å². The van der Waals surface area contributed by atoms with Crippen LogP contribution in [0.15, 0.2) is 11.1 Å². The molecular formula is C17H31N5S. The van der Waals surface area contributed by atoms with E-state index >= 15 is 0 Å². The predicted molar refractivity (Wildman–Crippen MR) is 100 cm³/mol. The summed E-state index contributed by atoms with van der Waals surface area (Å²) in [5, 5.41) is 12.3. The van der Waals surface area contributed by atoms with Crippen LogP contribution in [0.25, 0.3) is 0 Å². The van der Waals surface area contributed by atoms with Gasteiger partial charge in [0.05, 0.1) is 5.69 Å². The van der Waals surface area contributed by atoms with Crippen LogP contribution >= 0.6 is 11.8 Å². The molecule has 6 heteroatoms. The standard InChI is InChI=1S/C17H31N5S/c1-5-18-17(20-15-7-8-16(12-15)23-4)19-9-6-10-22-14(3)11-13(2)21-22/h11,15-16H,5-10,12H2,1-4H3,(H2,18,19,20). The van der Waals surface area contributed by atoms with Gasteiger partial charge >= 0.3 is 0 Å². The van der Waals surface area contributed by atoms with Gasteiger partial charge in [-0.15, -0.1) is 0 Å². The Balaban J connectivity index is 1.78. The number of guanidine groups is 1. The Bertz CT molecular complexity index is 511. The Hall–Kier alpha value is -1.17. The molecule has 1 aromatic rings. The van der Waals surface area contributed by atoms with Crippen LogP contribution in [0.4, 0.5) is 0 Å². The maximum absolute atomic E-state index is 4.73. The van der Waals surface area contributed by atoms with E-state index in [0.29, 0.717) is 6.04 Å². The summed E-state index contributed by atoms with van der Waals surface area (Å²) in [7, 11) is 0. The van der Waals surface area contributed by atoms with Crippen LogP contribution in [-0.4, -0.2) is 46.4 Å². The van der Waals surface area contributed by atoms with Gasteiger partial charge in [0.2, 0.25) is 0 Å². The minimum absolute atomic E-state index is 0.571. The number of thioether (sulfide) groups is 1. The van der Waals surface area contributed by atoms with Crippen LogP contribution in [0.1, 0.15) is 44.0 Å². The van der Waals surface area contributed by atoms with E-state index in [9.17, 15) is 0 Å². The molecule has 0 amide bonds. The molecule has 1 aliphatic rings. The molecule has 0 bridgehead atoms.